The summed E-state index contributed by atoms with van der Waals surface area (Å²) in [5.74, 6) is 7.08. The van der Waals surface area contributed by atoms with Gasteiger partial charge in [-0.3, -0.25) is 0 Å². The third kappa shape index (κ3) is 3.84. The zero-order chi connectivity index (χ0) is 26.0. The maximum atomic E-state index is 3.58. The summed E-state index contributed by atoms with van der Waals surface area (Å²) in [5.41, 5.74) is 19.7. The highest BCUT2D eigenvalue weighted by Gasteiger charge is 2.51. The highest BCUT2D eigenvalue weighted by atomic mass is 28.3. The molecule has 6 rings (SSSR count). The van der Waals surface area contributed by atoms with E-state index in [2.05, 4.69) is 147 Å². The molecular weight excluding hydrogens is 477 g/mol. The molecule has 0 bridgehead atoms. The summed E-state index contributed by atoms with van der Waals surface area (Å²) in [4.78, 5) is 0. The summed E-state index contributed by atoms with van der Waals surface area (Å²) in [6.45, 7) is 13.8. The summed E-state index contributed by atoms with van der Waals surface area (Å²) >= 11 is 0. The first-order chi connectivity index (χ1) is 17.6. The molecule has 0 N–H and O–H groups in total. The summed E-state index contributed by atoms with van der Waals surface area (Å²) < 4.78 is 0. The summed E-state index contributed by atoms with van der Waals surface area (Å²) in [6, 6.07) is 31.7. The van der Waals surface area contributed by atoms with E-state index in [0.717, 1.165) is 11.1 Å². The molecule has 2 aliphatic carbocycles. The van der Waals surface area contributed by atoms with Crippen LogP contribution in [0.3, 0.4) is 0 Å². The topological polar surface area (TPSA) is 0 Å². The van der Waals surface area contributed by atoms with Crippen molar-refractivity contribution in [3.05, 3.63) is 118 Å². The first-order valence-corrected chi connectivity index (χ1v) is 20.1. The van der Waals surface area contributed by atoms with Gasteiger partial charge < -0.3 is 0 Å². The molecule has 0 radical (unpaired) electrons. The standard InChI is InChI=1S/C35H32Si2/c1-36(2,3)21-19-25-15-17-29-27-11-7-9-13-31(27)35(33(29)23-25)32-14-10-8-12-28(32)30-18-16-26(24-34(30)35)20-22-37(4,5)6/h7-18,23-24H,1-6H3. The van der Waals surface area contributed by atoms with Gasteiger partial charge in [-0.25, -0.2) is 0 Å². The normalized spacial score (nSPS) is 14.0. The summed E-state index contributed by atoms with van der Waals surface area (Å²) in [6.07, 6.45) is 0. The Hall–Kier alpha value is -3.57. The lowest BCUT2D eigenvalue weighted by Crippen LogP contribution is -2.26. The average Bonchev–Trinajstić information content (AvgIpc) is 3.32. The minimum atomic E-state index is -1.49. The van der Waals surface area contributed by atoms with Crippen LogP contribution in [0.2, 0.25) is 39.3 Å². The Morgan fingerprint density at radius 1 is 0.459 bits per heavy atom. The molecule has 0 heterocycles. The monoisotopic (exact) mass is 508 g/mol. The molecule has 0 aromatic heterocycles. The largest absolute Gasteiger partial charge is 0.129 e. The van der Waals surface area contributed by atoms with Crippen molar-refractivity contribution in [3.8, 4) is 45.2 Å². The minimum Gasteiger partial charge on any atom is -0.127 e. The van der Waals surface area contributed by atoms with Crippen molar-refractivity contribution >= 4 is 16.1 Å². The summed E-state index contributed by atoms with van der Waals surface area (Å²) in [7, 11) is -2.98. The molecule has 2 heteroatoms. The third-order valence-corrected chi connectivity index (χ3v) is 9.00. The molecule has 1 spiro atoms. The predicted octanol–water partition coefficient (Wildman–Crippen LogP) is 8.49. The molecule has 0 nitrogen and oxygen atoms in total. The lowest BCUT2D eigenvalue weighted by atomic mass is 9.70. The van der Waals surface area contributed by atoms with Crippen molar-refractivity contribution in [2.75, 3.05) is 0 Å². The van der Waals surface area contributed by atoms with Crippen LogP contribution in [-0.4, -0.2) is 16.1 Å². The van der Waals surface area contributed by atoms with Crippen LogP contribution in [0.5, 0.6) is 0 Å². The molecule has 37 heavy (non-hydrogen) atoms. The van der Waals surface area contributed by atoms with Gasteiger partial charge in [0, 0.05) is 11.1 Å². The fourth-order valence-corrected chi connectivity index (χ4v) is 6.85. The molecule has 4 aromatic rings. The Morgan fingerprint density at radius 2 is 0.838 bits per heavy atom. The smallest absolute Gasteiger partial charge is 0.127 e. The van der Waals surface area contributed by atoms with Crippen LogP contribution in [0.15, 0.2) is 84.9 Å². The van der Waals surface area contributed by atoms with Crippen molar-refractivity contribution < 1.29 is 0 Å². The Balaban J connectivity index is 1.70. The summed E-state index contributed by atoms with van der Waals surface area (Å²) in [5, 5.41) is 0. The van der Waals surface area contributed by atoms with Crippen LogP contribution >= 0.6 is 0 Å². The first-order valence-electron chi connectivity index (χ1n) is 13.1. The van der Waals surface area contributed by atoms with Gasteiger partial charge in [0.15, 0.2) is 0 Å². The molecule has 0 atom stereocenters. The van der Waals surface area contributed by atoms with Crippen LogP contribution in [0.4, 0.5) is 0 Å². The van der Waals surface area contributed by atoms with E-state index >= 15 is 0 Å². The third-order valence-electron chi connectivity index (χ3n) is 7.25. The van der Waals surface area contributed by atoms with E-state index in [0.29, 0.717) is 0 Å². The molecule has 0 amide bonds. The quantitative estimate of drug-likeness (QED) is 0.142. The molecule has 4 aromatic carbocycles. The highest BCUT2D eigenvalue weighted by Crippen LogP contribution is 2.62. The number of rotatable bonds is 0. The second-order valence-corrected chi connectivity index (χ2v) is 21.9. The van der Waals surface area contributed by atoms with Crippen LogP contribution in [-0.2, 0) is 5.41 Å². The predicted molar refractivity (Wildman–Crippen MR) is 163 cm³/mol. The molecule has 0 unspecified atom stereocenters. The van der Waals surface area contributed by atoms with E-state index in [1.165, 1.54) is 44.5 Å². The van der Waals surface area contributed by atoms with Gasteiger partial charge in [0.1, 0.15) is 16.1 Å². The van der Waals surface area contributed by atoms with E-state index in [1.54, 1.807) is 0 Å². The van der Waals surface area contributed by atoms with E-state index in [1.807, 2.05) is 0 Å². The van der Waals surface area contributed by atoms with Crippen LogP contribution in [0.1, 0.15) is 33.4 Å². The van der Waals surface area contributed by atoms with E-state index in [-0.39, 0.29) is 5.41 Å². The second kappa shape index (κ2) is 8.22. The van der Waals surface area contributed by atoms with Gasteiger partial charge in [-0.15, -0.1) is 11.1 Å². The number of benzene rings is 4. The van der Waals surface area contributed by atoms with Gasteiger partial charge in [0.05, 0.1) is 5.41 Å². The zero-order valence-corrected chi connectivity index (χ0v) is 24.6. The molecule has 2 aliphatic rings. The van der Waals surface area contributed by atoms with Gasteiger partial charge >= 0.3 is 0 Å². The van der Waals surface area contributed by atoms with Crippen molar-refractivity contribution in [1.29, 1.82) is 0 Å². The number of fused-ring (bicyclic) bond motifs is 10. The maximum absolute atomic E-state index is 3.58. The fourth-order valence-electron chi connectivity index (χ4n) is 5.81. The Bertz CT molecular complexity index is 1570. The van der Waals surface area contributed by atoms with Gasteiger partial charge in [-0.05, 0) is 68.8 Å². The molecule has 0 fully saturated rings. The van der Waals surface area contributed by atoms with Gasteiger partial charge in [0.25, 0.3) is 0 Å². The van der Waals surface area contributed by atoms with Crippen molar-refractivity contribution in [2.45, 2.75) is 44.7 Å². The molecule has 0 saturated carbocycles. The van der Waals surface area contributed by atoms with Gasteiger partial charge in [-0.2, -0.15) is 0 Å². The molecule has 0 aliphatic heterocycles. The van der Waals surface area contributed by atoms with Crippen molar-refractivity contribution in [2.24, 2.45) is 0 Å². The molecular formula is C35H32Si2. The minimum absolute atomic E-state index is 0.356. The molecule has 0 saturated heterocycles. The highest BCUT2D eigenvalue weighted by molar-refractivity contribution is 6.84. The second-order valence-electron chi connectivity index (χ2n) is 12.4. The fraction of sp³-hybridized carbons (Fsp3) is 0.200. The molecule has 180 valence electrons. The average molecular weight is 509 g/mol. The van der Waals surface area contributed by atoms with Crippen LogP contribution in [0, 0.1) is 22.9 Å². The lowest BCUT2D eigenvalue weighted by Gasteiger charge is -2.30. The van der Waals surface area contributed by atoms with E-state index in [4.69, 9.17) is 0 Å². The van der Waals surface area contributed by atoms with Crippen molar-refractivity contribution in [3.63, 3.8) is 0 Å². The maximum Gasteiger partial charge on any atom is 0.129 e. The number of hydrogen-bond donors (Lipinski definition) is 0. The Kier molecular flexibility index (Phi) is 5.29. The van der Waals surface area contributed by atoms with E-state index < -0.39 is 16.1 Å². The Labute approximate surface area is 223 Å². The lowest BCUT2D eigenvalue weighted by molar-refractivity contribution is 0.793. The zero-order valence-electron chi connectivity index (χ0n) is 22.6. The Morgan fingerprint density at radius 3 is 1.24 bits per heavy atom. The van der Waals surface area contributed by atoms with Gasteiger partial charge in [-0.1, -0.05) is 112 Å². The van der Waals surface area contributed by atoms with Gasteiger partial charge in [0.2, 0.25) is 0 Å². The number of hydrogen-bond acceptors (Lipinski definition) is 0. The SMILES string of the molecule is C[Si](C)(C)C#Cc1ccc2c(c1)C1(c3ccccc3-2)c2ccccc2-c2ccc(C#C[Si](C)(C)C)cc21. The first kappa shape index (κ1) is 23.8. The van der Waals surface area contributed by atoms with Crippen LogP contribution < -0.4 is 0 Å². The van der Waals surface area contributed by atoms with E-state index in [9.17, 15) is 0 Å². The van der Waals surface area contributed by atoms with Crippen LogP contribution in [0.25, 0.3) is 22.3 Å². The van der Waals surface area contributed by atoms with Crippen molar-refractivity contribution in [1.82, 2.24) is 0 Å².